The van der Waals surface area contributed by atoms with Crippen LogP contribution in [0.1, 0.15) is 19.0 Å². The molecule has 3 N–H and O–H groups in total. The molecule has 1 atom stereocenters. The van der Waals surface area contributed by atoms with E-state index in [1.807, 2.05) is 0 Å². The van der Waals surface area contributed by atoms with Crippen LogP contribution in [0.15, 0.2) is 57.8 Å². The minimum absolute atomic E-state index is 0.0250. The van der Waals surface area contributed by atoms with Gasteiger partial charge in [-0.3, -0.25) is 18.9 Å². The Labute approximate surface area is 205 Å². The Hall–Kier alpha value is -4.45. The number of H-pyrrole nitrogens is 1. The fourth-order valence-corrected chi connectivity index (χ4v) is 3.76. The number of anilines is 2. The monoisotopic (exact) mass is 496 g/mol. The van der Waals surface area contributed by atoms with Crippen molar-refractivity contribution in [1.29, 1.82) is 0 Å². The number of benzene rings is 2. The number of ether oxygens (including phenoxy) is 2. The Kier molecular flexibility index (Phi) is 7.44. The SMILES string of the molecule is COc1ccc(-[n+]2[nH]oc(=O)c2CN2CCOC(CC(=O)Nc3ccc(NC(C)=O)cc3)C2=O)cc1. The summed E-state index contributed by atoms with van der Waals surface area (Å²) in [6.45, 7) is 1.85. The van der Waals surface area contributed by atoms with E-state index >= 15 is 0 Å². The van der Waals surface area contributed by atoms with Gasteiger partial charge in [-0.15, -0.1) is 0 Å². The van der Waals surface area contributed by atoms with Crippen molar-refractivity contribution in [2.75, 3.05) is 30.9 Å². The van der Waals surface area contributed by atoms with E-state index in [1.165, 1.54) is 16.5 Å². The molecule has 1 aliphatic rings. The molecule has 1 fully saturated rings. The van der Waals surface area contributed by atoms with E-state index in [2.05, 4.69) is 15.9 Å². The van der Waals surface area contributed by atoms with Gasteiger partial charge in [0.05, 0.1) is 20.1 Å². The van der Waals surface area contributed by atoms with Crippen LogP contribution < -0.4 is 25.7 Å². The number of methoxy groups -OCH3 is 1. The van der Waals surface area contributed by atoms with Gasteiger partial charge in [-0.2, -0.15) is 0 Å². The van der Waals surface area contributed by atoms with E-state index in [1.54, 1.807) is 55.6 Å². The molecular weight excluding hydrogens is 470 g/mol. The highest BCUT2D eigenvalue weighted by Gasteiger charge is 2.35. The summed E-state index contributed by atoms with van der Waals surface area (Å²) in [6.07, 6.45) is -1.18. The molecule has 3 amide bonds. The van der Waals surface area contributed by atoms with Crippen LogP contribution in [-0.2, 0) is 25.7 Å². The molecule has 4 rings (SSSR count). The van der Waals surface area contributed by atoms with Gasteiger partial charge >= 0.3 is 11.3 Å². The third kappa shape index (κ3) is 5.78. The predicted molar refractivity (Wildman–Crippen MR) is 127 cm³/mol. The second-order valence-corrected chi connectivity index (χ2v) is 8.09. The van der Waals surface area contributed by atoms with Crippen molar-refractivity contribution >= 4 is 29.1 Å². The molecule has 36 heavy (non-hydrogen) atoms. The van der Waals surface area contributed by atoms with Crippen molar-refractivity contribution in [2.45, 2.75) is 26.0 Å². The van der Waals surface area contributed by atoms with Gasteiger partial charge in [-0.25, -0.2) is 4.79 Å². The quantitative estimate of drug-likeness (QED) is 0.394. The topological polar surface area (TPSA) is 147 Å². The summed E-state index contributed by atoms with van der Waals surface area (Å²) >= 11 is 0. The maximum atomic E-state index is 13.0. The molecule has 0 bridgehead atoms. The normalized spacial score (nSPS) is 15.4. The summed E-state index contributed by atoms with van der Waals surface area (Å²) in [4.78, 5) is 50.5. The lowest BCUT2D eigenvalue weighted by Crippen LogP contribution is -2.51. The van der Waals surface area contributed by atoms with E-state index in [4.69, 9.17) is 14.0 Å². The first-order valence-electron chi connectivity index (χ1n) is 11.2. The van der Waals surface area contributed by atoms with Crippen molar-refractivity contribution in [3.05, 3.63) is 64.6 Å². The van der Waals surface area contributed by atoms with E-state index in [0.29, 0.717) is 22.8 Å². The van der Waals surface area contributed by atoms with E-state index in [0.717, 1.165) is 0 Å². The molecule has 188 valence electrons. The minimum atomic E-state index is -0.988. The molecule has 1 aromatic heterocycles. The van der Waals surface area contributed by atoms with Gasteiger partial charge in [-0.05, 0) is 46.4 Å². The lowest BCUT2D eigenvalue weighted by Gasteiger charge is -2.30. The van der Waals surface area contributed by atoms with Crippen LogP contribution in [0.2, 0.25) is 0 Å². The molecule has 3 aromatic rings. The molecule has 0 aliphatic carbocycles. The molecule has 0 radical (unpaired) electrons. The molecule has 1 saturated heterocycles. The zero-order valence-corrected chi connectivity index (χ0v) is 19.8. The minimum Gasteiger partial charge on any atom is -0.497 e. The largest absolute Gasteiger partial charge is 0.497 e. The van der Waals surface area contributed by atoms with E-state index in [-0.39, 0.29) is 37.7 Å². The van der Waals surface area contributed by atoms with Crippen molar-refractivity contribution in [3.63, 3.8) is 0 Å². The average Bonchev–Trinajstić information content (AvgIpc) is 3.22. The molecule has 1 aliphatic heterocycles. The van der Waals surface area contributed by atoms with E-state index < -0.39 is 23.5 Å². The van der Waals surface area contributed by atoms with Crippen LogP contribution in [0.5, 0.6) is 5.75 Å². The zero-order valence-electron chi connectivity index (χ0n) is 19.8. The fraction of sp³-hybridized carbons (Fsp3) is 0.292. The van der Waals surface area contributed by atoms with Gasteiger partial charge < -0.3 is 25.0 Å². The number of nitrogens with zero attached hydrogens (tertiary/aromatic N) is 2. The Bertz CT molecular complexity index is 1300. The maximum absolute atomic E-state index is 13.0. The Morgan fingerprint density at radius 3 is 2.39 bits per heavy atom. The lowest BCUT2D eigenvalue weighted by molar-refractivity contribution is -0.678. The van der Waals surface area contributed by atoms with Crippen LogP contribution in [0.4, 0.5) is 11.4 Å². The summed E-state index contributed by atoms with van der Waals surface area (Å²) in [5.41, 5.74) is 1.35. The van der Waals surface area contributed by atoms with Crippen LogP contribution in [-0.4, -0.2) is 54.3 Å². The summed E-state index contributed by atoms with van der Waals surface area (Å²) in [5, 5.41) is 7.90. The highest BCUT2D eigenvalue weighted by molar-refractivity contribution is 5.95. The molecule has 2 aromatic carbocycles. The number of hydrogen-bond acceptors (Lipinski definition) is 7. The van der Waals surface area contributed by atoms with Gasteiger partial charge in [0.25, 0.3) is 5.91 Å². The number of aromatic nitrogens is 2. The second kappa shape index (κ2) is 10.9. The first-order chi connectivity index (χ1) is 17.3. The number of morpholine rings is 1. The average molecular weight is 497 g/mol. The highest BCUT2D eigenvalue weighted by Crippen LogP contribution is 2.17. The van der Waals surface area contributed by atoms with Crippen LogP contribution in [0.25, 0.3) is 5.69 Å². The lowest BCUT2D eigenvalue weighted by atomic mass is 10.1. The van der Waals surface area contributed by atoms with Crippen molar-refractivity contribution in [1.82, 2.24) is 10.2 Å². The fourth-order valence-electron chi connectivity index (χ4n) is 3.76. The summed E-state index contributed by atoms with van der Waals surface area (Å²) < 4.78 is 17.1. The van der Waals surface area contributed by atoms with Crippen LogP contribution in [0, 0.1) is 0 Å². The van der Waals surface area contributed by atoms with Crippen LogP contribution >= 0.6 is 0 Å². The molecular formula is C24H26N5O7+. The number of rotatable bonds is 8. The standard InChI is InChI=1S/C24H25N5O7/c1-15(30)25-16-3-5-17(6-4-16)26-22(31)13-21-23(32)28(11-12-35-21)14-20-24(33)36-27-29(20)18-7-9-19(34-2)10-8-18/h3-10,21,27,33H,11-14H2,1-2H3/p+1. The van der Waals surface area contributed by atoms with Crippen molar-refractivity contribution < 1.29 is 33.1 Å². The van der Waals surface area contributed by atoms with Crippen molar-refractivity contribution in [3.8, 4) is 11.4 Å². The number of carbonyl (C=O) groups is 3. The maximum Gasteiger partial charge on any atom is 0.432 e. The number of carbonyl (C=O) groups excluding carboxylic acids is 3. The van der Waals surface area contributed by atoms with Crippen molar-refractivity contribution in [2.24, 2.45) is 0 Å². The van der Waals surface area contributed by atoms with Gasteiger partial charge in [-0.1, -0.05) is 0 Å². The van der Waals surface area contributed by atoms with Gasteiger partial charge in [0.15, 0.2) is 0 Å². The molecule has 2 heterocycles. The molecule has 12 nitrogen and oxygen atoms in total. The smallest absolute Gasteiger partial charge is 0.432 e. The summed E-state index contributed by atoms with van der Waals surface area (Å²) in [6, 6.07) is 13.5. The van der Waals surface area contributed by atoms with Crippen LogP contribution in [0.3, 0.4) is 0 Å². The Balaban J connectivity index is 1.40. The van der Waals surface area contributed by atoms with E-state index in [9.17, 15) is 19.2 Å². The van der Waals surface area contributed by atoms with Gasteiger partial charge in [0.1, 0.15) is 18.4 Å². The van der Waals surface area contributed by atoms with Gasteiger partial charge in [0.2, 0.25) is 17.5 Å². The Morgan fingerprint density at radius 1 is 1.08 bits per heavy atom. The zero-order chi connectivity index (χ0) is 25.7. The molecule has 12 heteroatoms. The third-order valence-corrected chi connectivity index (χ3v) is 5.53. The third-order valence-electron chi connectivity index (χ3n) is 5.53. The second-order valence-electron chi connectivity index (χ2n) is 8.09. The first kappa shape index (κ1) is 24.7. The number of amides is 3. The van der Waals surface area contributed by atoms with Gasteiger partial charge in [0, 0.05) is 37.0 Å². The molecule has 0 spiro atoms. The Morgan fingerprint density at radius 2 is 1.75 bits per heavy atom. The number of nitrogens with one attached hydrogen (secondary N) is 3. The summed E-state index contributed by atoms with van der Waals surface area (Å²) in [5.74, 6) is -0.354. The number of aromatic amines is 1. The first-order valence-corrected chi connectivity index (χ1v) is 11.2. The summed E-state index contributed by atoms with van der Waals surface area (Å²) in [7, 11) is 1.55. The number of hydrogen-bond donors (Lipinski definition) is 3. The highest BCUT2D eigenvalue weighted by atomic mass is 16.5. The molecule has 0 saturated carbocycles. The predicted octanol–water partition coefficient (Wildman–Crippen LogP) is 0.968. The molecule has 1 unspecified atom stereocenters.